The third-order valence-corrected chi connectivity index (χ3v) is 6.59. The number of ether oxygens (including phenoxy) is 3. The molecule has 9 heteroatoms. The zero-order chi connectivity index (χ0) is 26.6. The van der Waals surface area contributed by atoms with E-state index in [1.165, 1.54) is 19.2 Å². The fraction of sp³-hybridized carbons (Fsp3) is 0.241. The molecule has 1 saturated heterocycles. The van der Waals surface area contributed by atoms with Crippen LogP contribution < -0.4 is 10.1 Å². The number of rotatable bonds is 7. The van der Waals surface area contributed by atoms with Crippen molar-refractivity contribution in [2.24, 2.45) is 0 Å². The van der Waals surface area contributed by atoms with Crippen LogP contribution in [0.25, 0.3) is 11.0 Å². The molecular formula is C29H27FN2O6. The molecule has 0 saturated carbocycles. The second-order valence-corrected chi connectivity index (χ2v) is 8.84. The maximum absolute atomic E-state index is 13.7. The van der Waals surface area contributed by atoms with Gasteiger partial charge in [-0.3, -0.25) is 4.79 Å². The van der Waals surface area contributed by atoms with Crippen LogP contribution in [0.3, 0.4) is 0 Å². The fourth-order valence-corrected chi connectivity index (χ4v) is 4.70. The number of nitrogens with zero attached hydrogens (tertiary/aromatic N) is 1. The molecule has 2 heterocycles. The third-order valence-electron chi connectivity index (χ3n) is 6.59. The van der Waals surface area contributed by atoms with E-state index < -0.39 is 24.3 Å². The van der Waals surface area contributed by atoms with Gasteiger partial charge < -0.3 is 23.9 Å². The van der Waals surface area contributed by atoms with Crippen LogP contribution in [0.5, 0.6) is 5.75 Å². The summed E-state index contributed by atoms with van der Waals surface area (Å²) >= 11 is 0. The standard InChI is InChI=1S/C29H27FN2O6/c1-31-27(33)25-26(18-7-9-22(30)10-8-18)37-16-14-32(25)28(19-3-5-20(6-4-19)29(34)35-2)38-23-11-12-24-21(17-23)13-15-36-24/h3-13,15,17,25-26,28H,14,16H2,1-2H3,(H,31,33). The van der Waals surface area contributed by atoms with Crippen molar-refractivity contribution in [1.82, 2.24) is 10.2 Å². The Bertz CT molecular complexity index is 1420. The van der Waals surface area contributed by atoms with Crippen LogP contribution in [0.15, 0.2) is 83.5 Å². The van der Waals surface area contributed by atoms with Gasteiger partial charge in [-0.15, -0.1) is 0 Å². The van der Waals surface area contributed by atoms with E-state index in [0.717, 1.165) is 16.5 Å². The molecule has 0 bridgehead atoms. The smallest absolute Gasteiger partial charge is 0.337 e. The number of amides is 1. The summed E-state index contributed by atoms with van der Waals surface area (Å²) in [6.07, 6.45) is 0.218. The number of carbonyl (C=O) groups is 2. The van der Waals surface area contributed by atoms with E-state index in [1.807, 2.05) is 23.1 Å². The highest BCUT2D eigenvalue weighted by Gasteiger charge is 2.43. The van der Waals surface area contributed by atoms with E-state index in [2.05, 4.69) is 5.32 Å². The zero-order valence-electron chi connectivity index (χ0n) is 20.9. The molecule has 1 N–H and O–H groups in total. The normalized spacial score (nSPS) is 18.6. The minimum Gasteiger partial charge on any atom is -0.471 e. The SMILES string of the molecule is CNC(=O)C1C(c2ccc(F)cc2)OCCN1C(Oc1ccc2occc2c1)c1ccc(C(=O)OC)cc1. The molecule has 4 aromatic rings. The molecule has 1 aliphatic rings. The van der Waals surface area contributed by atoms with Crippen molar-refractivity contribution >= 4 is 22.8 Å². The number of methoxy groups -OCH3 is 1. The largest absolute Gasteiger partial charge is 0.471 e. The van der Waals surface area contributed by atoms with Gasteiger partial charge in [0.2, 0.25) is 5.91 Å². The Morgan fingerprint density at radius 3 is 2.53 bits per heavy atom. The van der Waals surface area contributed by atoms with Crippen molar-refractivity contribution in [3.63, 3.8) is 0 Å². The van der Waals surface area contributed by atoms with Crippen molar-refractivity contribution in [2.75, 3.05) is 27.3 Å². The average molecular weight is 519 g/mol. The monoisotopic (exact) mass is 518 g/mol. The molecule has 1 amide bonds. The molecule has 196 valence electrons. The first-order valence-corrected chi connectivity index (χ1v) is 12.1. The quantitative estimate of drug-likeness (QED) is 0.357. The van der Waals surface area contributed by atoms with E-state index in [9.17, 15) is 14.0 Å². The van der Waals surface area contributed by atoms with Gasteiger partial charge in [0, 0.05) is 24.5 Å². The van der Waals surface area contributed by atoms with E-state index in [-0.39, 0.29) is 11.7 Å². The van der Waals surface area contributed by atoms with Gasteiger partial charge in [0.1, 0.15) is 29.3 Å². The van der Waals surface area contributed by atoms with Crippen molar-refractivity contribution in [2.45, 2.75) is 18.4 Å². The summed E-state index contributed by atoms with van der Waals surface area (Å²) in [4.78, 5) is 27.2. The summed E-state index contributed by atoms with van der Waals surface area (Å²) < 4.78 is 36.6. The second-order valence-electron chi connectivity index (χ2n) is 8.84. The molecule has 3 aromatic carbocycles. The highest BCUT2D eigenvalue weighted by atomic mass is 19.1. The first-order valence-electron chi connectivity index (χ1n) is 12.1. The van der Waals surface area contributed by atoms with E-state index in [4.69, 9.17) is 18.6 Å². The van der Waals surface area contributed by atoms with Gasteiger partial charge in [0.05, 0.1) is 25.5 Å². The first-order chi connectivity index (χ1) is 18.5. The molecular weight excluding hydrogens is 491 g/mol. The van der Waals surface area contributed by atoms with E-state index >= 15 is 0 Å². The van der Waals surface area contributed by atoms with Crippen LogP contribution in [0.1, 0.15) is 33.8 Å². The molecule has 0 spiro atoms. The van der Waals surface area contributed by atoms with Crippen LogP contribution in [0.2, 0.25) is 0 Å². The molecule has 0 radical (unpaired) electrons. The van der Waals surface area contributed by atoms with Crippen molar-refractivity contribution in [3.05, 3.63) is 102 Å². The highest BCUT2D eigenvalue weighted by molar-refractivity contribution is 5.89. The molecule has 3 unspecified atom stereocenters. The Balaban J connectivity index is 1.56. The number of carbonyl (C=O) groups excluding carboxylic acids is 2. The summed E-state index contributed by atoms with van der Waals surface area (Å²) in [5, 5.41) is 3.61. The van der Waals surface area contributed by atoms with Crippen molar-refractivity contribution < 1.29 is 32.6 Å². The molecule has 3 atom stereocenters. The van der Waals surface area contributed by atoms with Crippen molar-refractivity contribution in [1.29, 1.82) is 0 Å². The number of benzene rings is 3. The number of esters is 1. The number of hydrogen-bond acceptors (Lipinski definition) is 7. The van der Waals surface area contributed by atoms with Gasteiger partial charge >= 0.3 is 5.97 Å². The Morgan fingerprint density at radius 1 is 1.05 bits per heavy atom. The number of halogens is 1. The number of morpholine rings is 1. The lowest BCUT2D eigenvalue weighted by atomic mass is 9.97. The third kappa shape index (κ3) is 5.11. The Morgan fingerprint density at radius 2 is 1.82 bits per heavy atom. The fourth-order valence-electron chi connectivity index (χ4n) is 4.70. The van der Waals surface area contributed by atoms with Gasteiger partial charge in [0.15, 0.2) is 6.23 Å². The van der Waals surface area contributed by atoms with Gasteiger partial charge in [0.25, 0.3) is 0 Å². The van der Waals surface area contributed by atoms with E-state index in [0.29, 0.717) is 30.0 Å². The van der Waals surface area contributed by atoms with Gasteiger partial charge in [-0.05, 0) is 54.1 Å². The number of likely N-dealkylation sites (N-methyl/N-ethyl adjacent to an activating group) is 1. The molecule has 0 aliphatic carbocycles. The zero-order valence-corrected chi connectivity index (χ0v) is 20.9. The predicted molar refractivity (Wildman–Crippen MR) is 137 cm³/mol. The molecule has 1 aromatic heterocycles. The Hall–Kier alpha value is -4.21. The molecule has 1 fully saturated rings. The van der Waals surface area contributed by atoms with Crippen LogP contribution in [-0.2, 0) is 14.3 Å². The summed E-state index contributed by atoms with van der Waals surface area (Å²) in [5.74, 6) is -0.532. The molecule has 38 heavy (non-hydrogen) atoms. The second kappa shape index (κ2) is 11.0. The summed E-state index contributed by atoms with van der Waals surface area (Å²) in [7, 11) is 2.89. The summed E-state index contributed by atoms with van der Waals surface area (Å²) in [6.45, 7) is 0.698. The molecule has 8 nitrogen and oxygen atoms in total. The number of fused-ring (bicyclic) bond motifs is 1. The topological polar surface area (TPSA) is 90.2 Å². The van der Waals surface area contributed by atoms with Crippen LogP contribution >= 0.6 is 0 Å². The lowest BCUT2D eigenvalue weighted by Gasteiger charge is -2.44. The molecule has 5 rings (SSSR count). The van der Waals surface area contributed by atoms with Gasteiger partial charge in [-0.2, -0.15) is 0 Å². The first kappa shape index (κ1) is 25.4. The van der Waals surface area contributed by atoms with Crippen LogP contribution in [0.4, 0.5) is 4.39 Å². The van der Waals surface area contributed by atoms with Gasteiger partial charge in [-0.1, -0.05) is 24.3 Å². The van der Waals surface area contributed by atoms with Crippen LogP contribution in [-0.4, -0.2) is 50.1 Å². The number of furan rings is 1. The number of nitrogens with one attached hydrogen (secondary N) is 1. The summed E-state index contributed by atoms with van der Waals surface area (Å²) in [5.41, 5.74) is 2.51. The maximum atomic E-state index is 13.7. The Labute approximate surface area is 218 Å². The minimum atomic E-state index is -0.790. The Kier molecular flexibility index (Phi) is 7.39. The average Bonchev–Trinajstić information content (AvgIpc) is 3.43. The van der Waals surface area contributed by atoms with Crippen molar-refractivity contribution in [3.8, 4) is 5.75 Å². The van der Waals surface area contributed by atoms with Gasteiger partial charge in [-0.25, -0.2) is 14.1 Å². The maximum Gasteiger partial charge on any atom is 0.337 e. The van der Waals surface area contributed by atoms with Crippen LogP contribution in [0, 0.1) is 5.82 Å². The predicted octanol–water partition coefficient (Wildman–Crippen LogP) is 4.62. The highest BCUT2D eigenvalue weighted by Crippen LogP contribution is 2.37. The molecule has 1 aliphatic heterocycles. The number of hydrogen-bond donors (Lipinski definition) is 1. The summed E-state index contributed by atoms with van der Waals surface area (Å²) in [6, 6.07) is 19.3. The minimum absolute atomic E-state index is 0.274. The lowest BCUT2D eigenvalue weighted by Crippen LogP contribution is -2.56. The van der Waals surface area contributed by atoms with E-state index in [1.54, 1.807) is 55.8 Å². The lowest BCUT2D eigenvalue weighted by molar-refractivity contribution is -0.156.